The molecule has 0 radical (unpaired) electrons. The average molecular weight is 351 g/mol. The van der Waals surface area contributed by atoms with Gasteiger partial charge in [-0.1, -0.05) is 12.1 Å². The summed E-state index contributed by atoms with van der Waals surface area (Å²) < 4.78 is 2.36. The van der Waals surface area contributed by atoms with Gasteiger partial charge < -0.3 is 9.47 Å². The van der Waals surface area contributed by atoms with Crippen LogP contribution in [0.25, 0.3) is 0 Å². The van der Waals surface area contributed by atoms with E-state index < -0.39 is 0 Å². The van der Waals surface area contributed by atoms with Crippen molar-refractivity contribution in [3.05, 3.63) is 52.8 Å². The summed E-state index contributed by atoms with van der Waals surface area (Å²) in [6, 6.07) is 11.4. The highest BCUT2D eigenvalue weighted by molar-refractivity contribution is 5.99. The van der Waals surface area contributed by atoms with E-state index >= 15 is 0 Å². The highest BCUT2D eigenvalue weighted by Gasteiger charge is 2.29. The third-order valence-electron chi connectivity index (χ3n) is 5.80. The molecule has 138 valence electrons. The summed E-state index contributed by atoms with van der Waals surface area (Å²) in [5.41, 5.74) is 5.91. The van der Waals surface area contributed by atoms with Crippen LogP contribution in [0.3, 0.4) is 0 Å². The normalized spacial score (nSPS) is 18.3. The molecule has 4 heteroatoms. The van der Waals surface area contributed by atoms with E-state index in [1.165, 1.54) is 29.8 Å². The van der Waals surface area contributed by atoms with Crippen LogP contribution < -0.4 is 4.90 Å². The van der Waals surface area contributed by atoms with Gasteiger partial charge in [0.15, 0.2) is 5.78 Å². The van der Waals surface area contributed by atoms with Crippen LogP contribution in [0.1, 0.15) is 46.2 Å². The van der Waals surface area contributed by atoms with Crippen molar-refractivity contribution in [2.75, 3.05) is 37.6 Å². The lowest BCUT2D eigenvalue weighted by atomic mass is 10.1. The molecule has 2 fully saturated rings. The first-order valence-electron chi connectivity index (χ1n) is 9.78. The van der Waals surface area contributed by atoms with E-state index in [4.69, 9.17) is 0 Å². The van der Waals surface area contributed by atoms with Gasteiger partial charge in [0.25, 0.3) is 0 Å². The van der Waals surface area contributed by atoms with Crippen LogP contribution >= 0.6 is 0 Å². The highest BCUT2D eigenvalue weighted by Crippen LogP contribution is 2.38. The lowest BCUT2D eigenvalue weighted by molar-refractivity contribution is 0.0925. The number of aryl methyl sites for hydroxylation is 2. The topological polar surface area (TPSA) is 28.5 Å². The van der Waals surface area contributed by atoms with E-state index in [2.05, 4.69) is 65.5 Å². The predicted molar refractivity (Wildman–Crippen MR) is 106 cm³/mol. The minimum atomic E-state index is 0.272. The number of carbonyl (C=O) groups excluding carboxylic acids is 1. The van der Waals surface area contributed by atoms with Gasteiger partial charge in [-0.2, -0.15) is 0 Å². The van der Waals surface area contributed by atoms with Crippen LogP contribution in [0, 0.1) is 20.8 Å². The number of anilines is 1. The number of Topliss-reactive ketones (excluding diaryl/α,β-unsaturated/α-hetero) is 1. The van der Waals surface area contributed by atoms with E-state index in [-0.39, 0.29) is 5.78 Å². The number of hydrogen-bond donors (Lipinski definition) is 0. The predicted octanol–water partition coefficient (Wildman–Crippen LogP) is 3.75. The van der Waals surface area contributed by atoms with Crippen molar-refractivity contribution in [1.82, 2.24) is 9.47 Å². The third kappa shape index (κ3) is 3.43. The lowest BCUT2D eigenvalue weighted by Crippen LogP contribution is -2.48. The van der Waals surface area contributed by atoms with Crippen molar-refractivity contribution in [1.29, 1.82) is 0 Å². The molecule has 1 aromatic carbocycles. The Labute approximate surface area is 156 Å². The molecule has 0 spiro atoms. The molecule has 2 heterocycles. The average Bonchev–Trinajstić information content (AvgIpc) is 3.40. The summed E-state index contributed by atoms with van der Waals surface area (Å²) in [5, 5.41) is 0. The largest absolute Gasteiger partial charge is 0.369 e. The quantitative estimate of drug-likeness (QED) is 0.768. The van der Waals surface area contributed by atoms with Gasteiger partial charge >= 0.3 is 0 Å². The first-order valence-corrected chi connectivity index (χ1v) is 9.78. The molecule has 0 unspecified atom stereocenters. The van der Waals surface area contributed by atoms with Crippen LogP contribution in [0.2, 0.25) is 0 Å². The van der Waals surface area contributed by atoms with Gasteiger partial charge in [0.05, 0.1) is 6.54 Å². The molecule has 0 N–H and O–H groups in total. The third-order valence-corrected chi connectivity index (χ3v) is 5.80. The van der Waals surface area contributed by atoms with Gasteiger partial charge in [-0.05, 0) is 57.4 Å². The zero-order valence-electron chi connectivity index (χ0n) is 16.2. The number of aromatic nitrogens is 1. The molecule has 1 aliphatic carbocycles. The Morgan fingerprint density at radius 2 is 1.77 bits per heavy atom. The summed E-state index contributed by atoms with van der Waals surface area (Å²) in [5.74, 6) is 0.272. The maximum absolute atomic E-state index is 12.9. The Hall–Kier alpha value is -2.07. The summed E-state index contributed by atoms with van der Waals surface area (Å²) in [4.78, 5) is 17.6. The van der Waals surface area contributed by atoms with E-state index in [0.29, 0.717) is 12.6 Å². The molecular weight excluding hydrogens is 322 g/mol. The first-order chi connectivity index (χ1) is 12.5. The molecular formula is C22H29N3O. The van der Waals surface area contributed by atoms with E-state index in [1.807, 2.05) is 0 Å². The van der Waals surface area contributed by atoms with Crippen LogP contribution in [-0.2, 0) is 0 Å². The number of piperazine rings is 1. The molecule has 2 aromatic rings. The maximum Gasteiger partial charge on any atom is 0.178 e. The van der Waals surface area contributed by atoms with Crippen molar-refractivity contribution in [2.45, 2.75) is 39.7 Å². The van der Waals surface area contributed by atoms with E-state index in [1.54, 1.807) is 0 Å². The fourth-order valence-corrected chi connectivity index (χ4v) is 4.23. The SMILES string of the molecule is Cc1cccc(N2CCN(CC(=O)c3cc(C)n(C4CC4)c3C)CC2)c1. The zero-order valence-corrected chi connectivity index (χ0v) is 16.2. The summed E-state index contributed by atoms with van der Waals surface area (Å²) in [7, 11) is 0. The summed E-state index contributed by atoms with van der Waals surface area (Å²) >= 11 is 0. The minimum Gasteiger partial charge on any atom is -0.369 e. The first kappa shape index (κ1) is 17.3. The minimum absolute atomic E-state index is 0.272. The molecule has 0 amide bonds. The van der Waals surface area contributed by atoms with Crippen molar-refractivity contribution in [3.63, 3.8) is 0 Å². The number of hydrogen-bond acceptors (Lipinski definition) is 3. The number of ketones is 1. The smallest absolute Gasteiger partial charge is 0.178 e. The summed E-state index contributed by atoms with van der Waals surface area (Å²) in [6.07, 6.45) is 2.51. The second-order valence-electron chi connectivity index (χ2n) is 7.91. The van der Waals surface area contributed by atoms with Crippen LogP contribution in [0.5, 0.6) is 0 Å². The van der Waals surface area contributed by atoms with Crippen molar-refractivity contribution < 1.29 is 4.79 Å². The standard InChI is InChI=1S/C22H29N3O/c1-16-5-4-6-20(13-16)24-11-9-23(10-12-24)15-22(26)21-14-17(2)25(18(21)3)19-7-8-19/h4-6,13-14,19H,7-12,15H2,1-3H3. The van der Waals surface area contributed by atoms with Gasteiger partial charge in [-0.15, -0.1) is 0 Å². The fraction of sp³-hybridized carbons (Fsp3) is 0.500. The molecule has 4 rings (SSSR count). The van der Waals surface area contributed by atoms with Gasteiger partial charge in [0, 0.05) is 54.9 Å². The van der Waals surface area contributed by atoms with E-state index in [0.717, 1.165) is 37.4 Å². The van der Waals surface area contributed by atoms with Crippen LogP contribution in [-0.4, -0.2) is 48.0 Å². The second kappa shape index (κ2) is 6.92. The van der Waals surface area contributed by atoms with Crippen LogP contribution in [0.15, 0.2) is 30.3 Å². The molecule has 1 aromatic heterocycles. The van der Waals surface area contributed by atoms with Gasteiger partial charge in [-0.3, -0.25) is 9.69 Å². The van der Waals surface area contributed by atoms with Gasteiger partial charge in [0.1, 0.15) is 0 Å². The maximum atomic E-state index is 12.9. The lowest BCUT2D eigenvalue weighted by Gasteiger charge is -2.35. The Balaban J connectivity index is 1.37. The number of carbonyl (C=O) groups is 1. The molecule has 1 aliphatic heterocycles. The Morgan fingerprint density at radius 3 is 2.42 bits per heavy atom. The van der Waals surface area contributed by atoms with Gasteiger partial charge in [-0.25, -0.2) is 0 Å². The fourth-order valence-electron chi connectivity index (χ4n) is 4.23. The van der Waals surface area contributed by atoms with Crippen LogP contribution in [0.4, 0.5) is 5.69 Å². The van der Waals surface area contributed by atoms with Crippen molar-refractivity contribution in [2.24, 2.45) is 0 Å². The Morgan fingerprint density at radius 1 is 1.04 bits per heavy atom. The van der Waals surface area contributed by atoms with E-state index in [9.17, 15) is 4.79 Å². The molecule has 4 nitrogen and oxygen atoms in total. The van der Waals surface area contributed by atoms with Gasteiger partial charge in [0.2, 0.25) is 0 Å². The molecule has 26 heavy (non-hydrogen) atoms. The molecule has 1 saturated carbocycles. The Bertz CT molecular complexity index is 811. The molecule has 0 atom stereocenters. The highest BCUT2D eigenvalue weighted by atomic mass is 16.1. The number of benzene rings is 1. The molecule has 2 aliphatic rings. The van der Waals surface area contributed by atoms with Crippen molar-refractivity contribution in [3.8, 4) is 0 Å². The van der Waals surface area contributed by atoms with Crippen molar-refractivity contribution >= 4 is 11.5 Å². The zero-order chi connectivity index (χ0) is 18.3. The molecule has 0 bridgehead atoms. The number of rotatable bonds is 5. The Kier molecular flexibility index (Phi) is 4.62. The summed E-state index contributed by atoms with van der Waals surface area (Å²) in [6.45, 7) is 10.8. The second-order valence-corrected chi connectivity index (χ2v) is 7.91. The molecule has 1 saturated heterocycles. The monoisotopic (exact) mass is 351 g/mol. The number of nitrogens with zero attached hydrogens (tertiary/aromatic N) is 3.